The van der Waals surface area contributed by atoms with Gasteiger partial charge in [0.1, 0.15) is 11.8 Å². The minimum atomic E-state index is -0.970. The van der Waals surface area contributed by atoms with Gasteiger partial charge in [0, 0.05) is 17.2 Å². The molecular weight excluding hydrogens is 302 g/mol. The molecule has 3 rings (SSSR count). The number of carboxylic acids is 1. The maximum Gasteiger partial charge on any atom is 0.327 e. The number of benzene rings is 1. The van der Waals surface area contributed by atoms with Crippen LogP contribution in [0.1, 0.15) is 5.56 Å². The van der Waals surface area contributed by atoms with Crippen LogP contribution in [0.3, 0.4) is 0 Å². The highest BCUT2D eigenvalue weighted by Crippen LogP contribution is 2.33. The standard InChI is InChI=1S/C13H12ClNO4S/c14-8-1-2-10-7(3-8)4-11(19-10)12(16)15-6-20-5-9(15)13(17)18/h1-3,9,11H,4-6H2,(H,17,18). The number of hydrogen-bond acceptors (Lipinski definition) is 4. The van der Waals surface area contributed by atoms with E-state index in [4.69, 9.17) is 21.4 Å². The molecule has 7 heteroatoms. The SMILES string of the molecule is O=C(O)C1CSCN1C(=O)C1Cc2cc(Cl)ccc2O1. The van der Waals surface area contributed by atoms with Crippen LogP contribution < -0.4 is 4.74 Å². The first kappa shape index (κ1) is 13.6. The number of halogens is 1. The van der Waals surface area contributed by atoms with E-state index in [1.165, 1.54) is 16.7 Å². The fourth-order valence-electron chi connectivity index (χ4n) is 2.40. The molecule has 2 atom stereocenters. The number of rotatable bonds is 2. The van der Waals surface area contributed by atoms with E-state index in [2.05, 4.69) is 0 Å². The van der Waals surface area contributed by atoms with Crippen molar-refractivity contribution in [3.8, 4) is 5.75 Å². The highest BCUT2D eigenvalue weighted by Gasteiger charge is 2.40. The Morgan fingerprint density at radius 3 is 3.00 bits per heavy atom. The molecule has 1 amide bonds. The molecule has 1 N–H and O–H groups in total. The molecule has 0 bridgehead atoms. The lowest BCUT2D eigenvalue weighted by atomic mass is 10.1. The summed E-state index contributed by atoms with van der Waals surface area (Å²) >= 11 is 7.35. The Balaban J connectivity index is 1.75. The molecule has 1 fully saturated rings. The minimum Gasteiger partial charge on any atom is -0.480 e. The predicted molar refractivity (Wildman–Crippen MR) is 75.2 cm³/mol. The van der Waals surface area contributed by atoms with Gasteiger partial charge in [0.05, 0.1) is 5.88 Å². The Labute approximate surface area is 124 Å². The number of fused-ring (bicyclic) bond motifs is 1. The first-order chi connectivity index (χ1) is 9.56. The first-order valence-corrected chi connectivity index (χ1v) is 7.65. The molecular formula is C13H12ClNO4S. The van der Waals surface area contributed by atoms with E-state index in [1.54, 1.807) is 18.2 Å². The van der Waals surface area contributed by atoms with Crippen LogP contribution in [-0.2, 0) is 16.0 Å². The van der Waals surface area contributed by atoms with Gasteiger partial charge in [-0.2, -0.15) is 0 Å². The van der Waals surface area contributed by atoms with Crippen molar-refractivity contribution in [3.05, 3.63) is 28.8 Å². The van der Waals surface area contributed by atoms with E-state index < -0.39 is 18.1 Å². The molecule has 20 heavy (non-hydrogen) atoms. The lowest BCUT2D eigenvalue weighted by Gasteiger charge is -2.23. The van der Waals surface area contributed by atoms with Crippen LogP contribution in [-0.4, -0.2) is 45.7 Å². The predicted octanol–water partition coefficient (Wildman–Crippen LogP) is 1.63. The summed E-state index contributed by atoms with van der Waals surface area (Å²) in [6, 6.07) is 4.46. The first-order valence-electron chi connectivity index (χ1n) is 6.12. The number of carbonyl (C=O) groups is 2. The number of hydrogen-bond donors (Lipinski definition) is 1. The molecule has 5 nitrogen and oxygen atoms in total. The van der Waals surface area contributed by atoms with Crippen LogP contribution in [0.2, 0.25) is 5.02 Å². The van der Waals surface area contributed by atoms with Gasteiger partial charge in [0.2, 0.25) is 0 Å². The smallest absolute Gasteiger partial charge is 0.327 e. The molecule has 0 aromatic heterocycles. The summed E-state index contributed by atoms with van der Waals surface area (Å²) in [5.74, 6) is 0.224. The van der Waals surface area contributed by atoms with E-state index in [-0.39, 0.29) is 5.91 Å². The van der Waals surface area contributed by atoms with Gasteiger partial charge in [0.15, 0.2) is 6.10 Å². The molecule has 106 valence electrons. The molecule has 2 heterocycles. The van der Waals surface area contributed by atoms with Gasteiger partial charge in [-0.3, -0.25) is 4.79 Å². The van der Waals surface area contributed by atoms with E-state index in [9.17, 15) is 9.59 Å². The number of carbonyl (C=O) groups excluding carboxylic acids is 1. The van der Waals surface area contributed by atoms with Crippen LogP contribution in [0, 0.1) is 0 Å². The number of ether oxygens (including phenoxy) is 1. The average molecular weight is 314 g/mol. The van der Waals surface area contributed by atoms with Crippen molar-refractivity contribution in [1.29, 1.82) is 0 Å². The number of nitrogens with zero attached hydrogens (tertiary/aromatic N) is 1. The lowest BCUT2D eigenvalue weighted by Crippen LogP contribution is -2.47. The second-order valence-electron chi connectivity index (χ2n) is 4.72. The Morgan fingerprint density at radius 1 is 1.45 bits per heavy atom. The van der Waals surface area contributed by atoms with Gasteiger partial charge in [-0.1, -0.05) is 11.6 Å². The monoisotopic (exact) mass is 313 g/mol. The van der Waals surface area contributed by atoms with Crippen molar-refractivity contribution in [2.24, 2.45) is 0 Å². The number of thioether (sulfide) groups is 1. The number of amides is 1. The second-order valence-corrected chi connectivity index (χ2v) is 6.16. The summed E-state index contributed by atoms with van der Waals surface area (Å²) in [4.78, 5) is 24.9. The average Bonchev–Trinajstić information content (AvgIpc) is 3.03. The van der Waals surface area contributed by atoms with Crippen LogP contribution in [0.25, 0.3) is 0 Å². The zero-order valence-electron chi connectivity index (χ0n) is 10.4. The Morgan fingerprint density at radius 2 is 2.25 bits per heavy atom. The minimum absolute atomic E-state index is 0.269. The Hall–Kier alpha value is -1.40. The normalized spacial score (nSPS) is 24.4. The molecule has 1 aromatic rings. The highest BCUT2D eigenvalue weighted by molar-refractivity contribution is 7.99. The zero-order chi connectivity index (χ0) is 14.3. The van der Waals surface area contributed by atoms with Crippen LogP contribution in [0.5, 0.6) is 5.75 Å². The van der Waals surface area contributed by atoms with Crippen molar-refractivity contribution in [3.63, 3.8) is 0 Å². The van der Waals surface area contributed by atoms with Gasteiger partial charge in [-0.05, 0) is 23.8 Å². The third-order valence-corrected chi connectivity index (χ3v) is 4.67. The van der Waals surface area contributed by atoms with Crippen LogP contribution >= 0.6 is 23.4 Å². The quantitative estimate of drug-likeness (QED) is 0.899. The van der Waals surface area contributed by atoms with Crippen molar-refractivity contribution in [1.82, 2.24) is 4.90 Å². The molecule has 2 aliphatic heterocycles. The van der Waals surface area contributed by atoms with Gasteiger partial charge >= 0.3 is 5.97 Å². The Kier molecular flexibility index (Phi) is 3.52. The van der Waals surface area contributed by atoms with Gasteiger partial charge in [-0.15, -0.1) is 11.8 Å². The summed E-state index contributed by atoms with van der Waals surface area (Å²) in [7, 11) is 0. The molecule has 1 aromatic carbocycles. The summed E-state index contributed by atoms with van der Waals surface area (Å²) in [5.41, 5.74) is 0.884. The molecule has 1 saturated heterocycles. The third kappa shape index (κ3) is 2.33. The Bertz CT molecular complexity index is 579. The molecule has 0 aliphatic carbocycles. The van der Waals surface area contributed by atoms with Gasteiger partial charge < -0.3 is 14.7 Å². The van der Waals surface area contributed by atoms with E-state index >= 15 is 0 Å². The van der Waals surface area contributed by atoms with Gasteiger partial charge in [-0.25, -0.2) is 4.79 Å². The molecule has 2 unspecified atom stereocenters. The highest BCUT2D eigenvalue weighted by atomic mass is 35.5. The molecule has 0 saturated carbocycles. The summed E-state index contributed by atoms with van der Waals surface area (Å²) < 4.78 is 5.61. The third-order valence-electron chi connectivity index (χ3n) is 3.42. The second kappa shape index (κ2) is 5.18. The fraction of sp³-hybridized carbons (Fsp3) is 0.385. The topological polar surface area (TPSA) is 66.8 Å². The van der Waals surface area contributed by atoms with Crippen molar-refractivity contribution in [2.75, 3.05) is 11.6 Å². The van der Waals surface area contributed by atoms with Crippen LogP contribution in [0.4, 0.5) is 0 Å². The van der Waals surface area contributed by atoms with E-state index in [0.717, 1.165) is 5.56 Å². The molecule has 0 radical (unpaired) electrons. The van der Waals surface area contributed by atoms with Crippen molar-refractivity contribution < 1.29 is 19.4 Å². The number of carboxylic acid groups (broad SMARTS) is 1. The van der Waals surface area contributed by atoms with Gasteiger partial charge in [0.25, 0.3) is 5.91 Å². The van der Waals surface area contributed by atoms with E-state index in [1.807, 2.05) is 0 Å². The fourth-order valence-corrected chi connectivity index (χ4v) is 3.75. The summed E-state index contributed by atoms with van der Waals surface area (Å²) in [6.45, 7) is 0. The lowest BCUT2D eigenvalue weighted by molar-refractivity contribution is -0.150. The summed E-state index contributed by atoms with van der Waals surface area (Å²) in [6.07, 6.45) is -0.216. The van der Waals surface area contributed by atoms with Crippen molar-refractivity contribution in [2.45, 2.75) is 18.6 Å². The number of aliphatic carboxylic acids is 1. The maximum absolute atomic E-state index is 12.4. The van der Waals surface area contributed by atoms with E-state index in [0.29, 0.717) is 28.8 Å². The van der Waals surface area contributed by atoms with Crippen LogP contribution in [0.15, 0.2) is 18.2 Å². The summed E-state index contributed by atoms with van der Waals surface area (Å²) in [5, 5.41) is 9.72. The zero-order valence-corrected chi connectivity index (χ0v) is 12.0. The molecule has 0 spiro atoms. The maximum atomic E-state index is 12.4. The largest absolute Gasteiger partial charge is 0.480 e. The molecule has 2 aliphatic rings. The van der Waals surface area contributed by atoms with Crippen molar-refractivity contribution >= 4 is 35.2 Å².